The Labute approximate surface area is 297 Å². The number of likely N-dealkylation sites (tertiary alicyclic amines) is 1. The first-order valence-electron chi connectivity index (χ1n) is 18.0. The van der Waals surface area contributed by atoms with Gasteiger partial charge in [0.05, 0.1) is 18.4 Å². The van der Waals surface area contributed by atoms with E-state index in [-0.39, 0.29) is 29.9 Å². The van der Waals surface area contributed by atoms with E-state index < -0.39 is 29.9 Å². The summed E-state index contributed by atoms with van der Waals surface area (Å²) in [5, 5.41) is 32.3. The molecule has 0 spiro atoms. The molecule has 2 saturated carbocycles. The summed E-state index contributed by atoms with van der Waals surface area (Å²) >= 11 is 0. The Kier molecular flexibility index (Phi) is 9.84. The molecule has 7 rings (SSSR count). The predicted molar refractivity (Wildman–Crippen MR) is 193 cm³/mol. The number of fused-ring (bicyclic) bond motifs is 1. The number of aliphatic hydroxyl groups is 2. The van der Waals surface area contributed by atoms with Crippen molar-refractivity contribution in [3.63, 3.8) is 0 Å². The average molecular weight is 697 g/mol. The van der Waals surface area contributed by atoms with Crippen molar-refractivity contribution < 1.29 is 24.5 Å². The van der Waals surface area contributed by atoms with Gasteiger partial charge in [0, 0.05) is 37.5 Å². The van der Waals surface area contributed by atoms with Crippen molar-refractivity contribution >= 4 is 34.9 Å². The number of ether oxygens (including phenoxy) is 1. The maximum absolute atomic E-state index is 12.8. The third-order valence-corrected chi connectivity index (χ3v) is 10.3. The lowest BCUT2D eigenvalue weighted by atomic mass is 9.84. The third-order valence-electron chi connectivity index (χ3n) is 10.3. The predicted octanol–water partition coefficient (Wildman–Crippen LogP) is 4.44. The molecular formula is C38H48N8O5. The number of rotatable bonds is 10. The lowest BCUT2D eigenvalue weighted by molar-refractivity contribution is -0.129. The lowest BCUT2D eigenvalue weighted by Gasteiger charge is -2.27. The highest BCUT2D eigenvalue weighted by Crippen LogP contribution is 2.36. The molecule has 0 unspecified atom stereocenters. The first kappa shape index (κ1) is 34.7. The molecule has 3 heterocycles. The number of hydrogen-bond acceptors (Lipinski definition) is 10. The summed E-state index contributed by atoms with van der Waals surface area (Å²) in [5.41, 5.74) is 2.71. The number of nitrogens with one attached hydrogen (secondary N) is 3. The van der Waals surface area contributed by atoms with Gasteiger partial charge in [0.15, 0.2) is 17.0 Å². The van der Waals surface area contributed by atoms with Crippen LogP contribution in [0, 0.1) is 5.92 Å². The fraction of sp³-hybridized carbons (Fsp3) is 0.500. The molecule has 4 aromatic rings. The Hall–Kier alpha value is -4.75. The summed E-state index contributed by atoms with van der Waals surface area (Å²) in [4.78, 5) is 41.8. The van der Waals surface area contributed by atoms with Crippen molar-refractivity contribution in [1.82, 2.24) is 29.7 Å². The van der Waals surface area contributed by atoms with Crippen LogP contribution in [0.3, 0.4) is 0 Å². The summed E-state index contributed by atoms with van der Waals surface area (Å²) in [7, 11) is 0. The van der Waals surface area contributed by atoms with Crippen LogP contribution in [0.15, 0.2) is 67.0 Å². The van der Waals surface area contributed by atoms with Gasteiger partial charge in [-0.3, -0.25) is 4.79 Å². The summed E-state index contributed by atoms with van der Waals surface area (Å²) in [5.74, 6) is 0.775. The quantitative estimate of drug-likeness (QED) is 0.160. The van der Waals surface area contributed by atoms with Crippen LogP contribution in [0.4, 0.5) is 16.6 Å². The van der Waals surface area contributed by atoms with E-state index in [2.05, 4.69) is 40.2 Å². The highest BCUT2D eigenvalue weighted by atomic mass is 16.6. The van der Waals surface area contributed by atoms with Gasteiger partial charge in [0.2, 0.25) is 11.9 Å². The van der Waals surface area contributed by atoms with Gasteiger partial charge in [-0.2, -0.15) is 9.97 Å². The molecule has 270 valence electrons. The smallest absolute Gasteiger partial charge is 0.410 e. The van der Waals surface area contributed by atoms with Gasteiger partial charge in [-0.05, 0) is 57.6 Å². The third kappa shape index (κ3) is 7.64. The average Bonchev–Trinajstić information content (AvgIpc) is 3.79. The largest absolute Gasteiger partial charge is 0.444 e. The van der Waals surface area contributed by atoms with Crippen molar-refractivity contribution in [2.75, 3.05) is 30.3 Å². The van der Waals surface area contributed by atoms with Crippen LogP contribution in [0.2, 0.25) is 0 Å². The minimum absolute atomic E-state index is 0.0139. The zero-order chi connectivity index (χ0) is 35.7. The van der Waals surface area contributed by atoms with E-state index in [9.17, 15) is 19.8 Å². The van der Waals surface area contributed by atoms with E-state index in [1.165, 1.54) is 0 Å². The van der Waals surface area contributed by atoms with Gasteiger partial charge in [-0.15, -0.1) is 0 Å². The number of amides is 2. The second-order valence-corrected chi connectivity index (χ2v) is 15.1. The van der Waals surface area contributed by atoms with Gasteiger partial charge >= 0.3 is 6.09 Å². The number of anilines is 2. The normalized spacial score (nSPS) is 23.7. The molecule has 1 saturated heterocycles. The molecule has 0 radical (unpaired) electrons. The van der Waals surface area contributed by atoms with Crippen LogP contribution in [-0.2, 0) is 9.53 Å². The Morgan fingerprint density at radius 3 is 2.27 bits per heavy atom. The Morgan fingerprint density at radius 2 is 1.65 bits per heavy atom. The first-order chi connectivity index (χ1) is 24.5. The van der Waals surface area contributed by atoms with Crippen molar-refractivity contribution in [3.05, 3.63) is 78.1 Å². The maximum Gasteiger partial charge on any atom is 0.410 e. The van der Waals surface area contributed by atoms with Crippen LogP contribution < -0.4 is 16.0 Å². The highest BCUT2D eigenvalue weighted by Gasteiger charge is 2.45. The summed E-state index contributed by atoms with van der Waals surface area (Å²) < 4.78 is 7.38. The minimum Gasteiger partial charge on any atom is -0.444 e. The van der Waals surface area contributed by atoms with Crippen LogP contribution in [0.1, 0.15) is 76.0 Å². The van der Waals surface area contributed by atoms with Crippen molar-refractivity contribution in [1.29, 1.82) is 0 Å². The Morgan fingerprint density at radius 1 is 0.961 bits per heavy atom. The van der Waals surface area contributed by atoms with Gasteiger partial charge in [0.25, 0.3) is 0 Å². The lowest BCUT2D eigenvalue weighted by Crippen LogP contribution is -2.46. The van der Waals surface area contributed by atoms with E-state index in [4.69, 9.17) is 19.7 Å². The standard InChI is InChI=1S/C38H48N8O5/c1-38(2,3)51-37(50)45-18-17-26(21-45)41-36-43-33(39-20-27(23-11-6-4-7-12-23)24-13-8-5-9-14-24)30-34(44-36)46(22-40-30)29-19-28(31(47)32(29)48)42-35(49)25-15-10-16-25/h4-9,11-14,22,25-29,31-32,47-48H,10,15-21H2,1-3H3,(H,42,49)(H2,39,41,43,44)/t26-,28-,29+,31+,32-/m0/s1. The molecule has 3 aliphatic rings. The molecule has 2 aromatic carbocycles. The molecule has 1 aliphatic heterocycles. The zero-order valence-corrected chi connectivity index (χ0v) is 29.4. The molecule has 3 fully saturated rings. The number of hydrogen-bond donors (Lipinski definition) is 5. The number of aliphatic hydroxyl groups excluding tert-OH is 2. The molecule has 51 heavy (non-hydrogen) atoms. The fourth-order valence-electron chi connectivity index (χ4n) is 7.30. The molecule has 13 nitrogen and oxygen atoms in total. The first-order valence-corrected chi connectivity index (χ1v) is 18.0. The van der Waals surface area contributed by atoms with E-state index >= 15 is 0 Å². The van der Waals surface area contributed by atoms with Crippen LogP contribution in [0.5, 0.6) is 0 Å². The van der Waals surface area contributed by atoms with Crippen LogP contribution >= 0.6 is 0 Å². The van der Waals surface area contributed by atoms with Crippen LogP contribution in [0.25, 0.3) is 11.2 Å². The maximum atomic E-state index is 12.8. The summed E-state index contributed by atoms with van der Waals surface area (Å²) in [6.45, 7) is 7.03. The molecule has 2 amide bonds. The van der Waals surface area contributed by atoms with Gasteiger partial charge in [-0.25, -0.2) is 9.78 Å². The zero-order valence-electron chi connectivity index (χ0n) is 29.4. The molecule has 2 aliphatic carbocycles. The number of aromatic nitrogens is 4. The monoisotopic (exact) mass is 696 g/mol. The second-order valence-electron chi connectivity index (χ2n) is 15.1. The fourth-order valence-corrected chi connectivity index (χ4v) is 7.30. The van der Waals surface area contributed by atoms with Gasteiger partial charge in [-0.1, -0.05) is 67.1 Å². The van der Waals surface area contributed by atoms with Crippen molar-refractivity contribution in [2.45, 2.75) is 94.7 Å². The Balaban J connectivity index is 1.18. The molecular weight excluding hydrogens is 648 g/mol. The topological polar surface area (TPSA) is 167 Å². The van der Waals surface area contributed by atoms with Crippen LogP contribution in [-0.4, -0.2) is 96.2 Å². The number of nitrogens with zero attached hydrogens (tertiary/aromatic N) is 5. The summed E-state index contributed by atoms with van der Waals surface area (Å²) in [6.07, 6.45) is 2.71. The molecule has 0 bridgehead atoms. The van der Waals surface area contributed by atoms with Crippen molar-refractivity contribution in [2.24, 2.45) is 5.92 Å². The molecule has 5 N–H and O–H groups in total. The molecule has 13 heteroatoms. The van der Waals surface area contributed by atoms with E-state index in [1.807, 2.05) is 57.2 Å². The number of carbonyl (C=O) groups is 2. The van der Waals surface area contributed by atoms with E-state index in [1.54, 1.807) is 15.8 Å². The van der Waals surface area contributed by atoms with Gasteiger partial charge < -0.3 is 40.4 Å². The number of carbonyl (C=O) groups excluding carboxylic acids is 2. The molecule has 2 aromatic heterocycles. The second kappa shape index (κ2) is 14.5. The molecule has 5 atom stereocenters. The van der Waals surface area contributed by atoms with E-state index in [0.717, 1.165) is 30.4 Å². The number of imidazole rings is 1. The number of benzene rings is 2. The highest BCUT2D eigenvalue weighted by molar-refractivity contribution is 5.84. The summed E-state index contributed by atoms with van der Waals surface area (Å²) in [6, 6.07) is 19.3. The minimum atomic E-state index is -1.14. The Bertz CT molecular complexity index is 1790. The van der Waals surface area contributed by atoms with Crippen molar-refractivity contribution in [3.8, 4) is 0 Å². The SMILES string of the molecule is CC(C)(C)OC(=O)N1CC[C@H](Nc2nc(NCC(c3ccccc3)c3ccccc3)c3ncn([C@@H]4C[C@H](NC(=O)C5CCC5)[C@@H](O)[C@H]4O)c3n2)C1. The van der Waals surface area contributed by atoms with E-state index in [0.29, 0.717) is 55.4 Å². The van der Waals surface area contributed by atoms with Gasteiger partial charge in [0.1, 0.15) is 17.8 Å².